The molecular weight excluding hydrogens is 371 g/mol. The fourth-order valence-corrected chi connectivity index (χ4v) is 5.20. The molecule has 0 radical (unpaired) electrons. The largest absolute Gasteiger partial charge is 0.322 e. The summed E-state index contributed by atoms with van der Waals surface area (Å²) in [6.07, 6.45) is 9.87. The highest BCUT2D eigenvalue weighted by atomic mass is 35.5. The van der Waals surface area contributed by atoms with E-state index in [1.54, 1.807) is 12.1 Å². The molecule has 1 aliphatic heterocycles. The number of rotatable bonds is 2. The molecule has 1 aromatic heterocycles. The summed E-state index contributed by atoms with van der Waals surface area (Å²) in [4.78, 5) is 27.4. The second-order valence-corrected chi connectivity index (χ2v) is 8.01. The minimum Gasteiger partial charge on any atom is -0.322 e. The minimum atomic E-state index is -0.259. The predicted octanol–water partition coefficient (Wildman–Crippen LogP) is 4.49. The van der Waals surface area contributed by atoms with Crippen molar-refractivity contribution in [2.75, 3.05) is 4.90 Å². The SMILES string of the molecule is O=C1C2C3C=CC(CC3)C2C(=O)N1c1cc(Cl)c(-n2cccc2)cc1Cl. The number of allylic oxidation sites excluding steroid dienone is 2. The molecule has 1 saturated carbocycles. The van der Waals surface area contributed by atoms with Gasteiger partial charge in [0, 0.05) is 12.4 Å². The van der Waals surface area contributed by atoms with Gasteiger partial charge in [0.2, 0.25) is 11.8 Å². The summed E-state index contributed by atoms with van der Waals surface area (Å²) >= 11 is 12.9. The van der Waals surface area contributed by atoms with Crippen molar-refractivity contribution in [3.63, 3.8) is 0 Å². The number of carbonyl (C=O) groups excluding carboxylic acids is 2. The number of fused-ring (bicyclic) bond motifs is 1. The highest BCUT2D eigenvalue weighted by Gasteiger charge is 2.57. The minimum absolute atomic E-state index is 0.147. The molecule has 2 amide bonds. The molecule has 3 aliphatic carbocycles. The summed E-state index contributed by atoms with van der Waals surface area (Å²) in [6, 6.07) is 7.11. The molecule has 1 aromatic carbocycles. The summed E-state index contributed by atoms with van der Waals surface area (Å²) in [6.45, 7) is 0. The Morgan fingerprint density at radius 3 is 1.85 bits per heavy atom. The molecular formula is C20H16Cl2N2O2. The number of benzene rings is 1. The molecule has 2 aromatic rings. The first-order valence-electron chi connectivity index (χ1n) is 8.75. The Balaban J connectivity index is 1.58. The molecule has 2 fully saturated rings. The molecule has 4 atom stereocenters. The average molecular weight is 387 g/mol. The molecule has 4 aliphatic rings. The Labute approximate surface area is 161 Å². The Morgan fingerprint density at radius 1 is 0.808 bits per heavy atom. The van der Waals surface area contributed by atoms with E-state index in [9.17, 15) is 9.59 Å². The fraction of sp³-hybridized carbons (Fsp3) is 0.300. The van der Waals surface area contributed by atoms with E-state index in [4.69, 9.17) is 23.2 Å². The number of nitrogens with zero attached hydrogens (tertiary/aromatic N) is 2. The predicted molar refractivity (Wildman–Crippen MR) is 101 cm³/mol. The second kappa shape index (κ2) is 5.73. The molecule has 2 bridgehead atoms. The van der Waals surface area contributed by atoms with E-state index in [1.165, 1.54) is 4.90 Å². The van der Waals surface area contributed by atoms with Crippen LogP contribution in [0.4, 0.5) is 5.69 Å². The second-order valence-electron chi connectivity index (χ2n) is 7.20. The first-order valence-corrected chi connectivity index (χ1v) is 9.50. The van der Waals surface area contributed by atoms with Gasteiger partial charge in [-0.15, -0.1) is 0 Å². The first-order chi connectivity index (χ1) is 12.6. The van der Waals surface area contributed by atoms with Gasteiger partial charge in [-0.2, -0.15) is 0 Å². The first kappa shape index (κ1) is 16.2. The van der Waals surface area contributed by atoms with E-state index in [1.807, 2.05) is 29.1 Å². The molecule has 6 heteroatoms. The molecule has 1 saturated heterocycles. The van der Waals surface area contributed by atoms with Crippen LogP contribution in [-0.2, 0) is 9.59 Å². The molecule has 4 unspecified atom stereocenters. The van der Waals surface area contributed by atoms with Crippen LogP contribution in [0.25, 0.3) is 5.69 Å². The van der Waals surface area contributed by atoms with E-state index in [0.29, 0.717) is 21.4 Å². The van der Waals surface area contributed by atoms with E-state index < -0.39 is 0 Å². The maximum atomic E-state index is 13.1. The smallest absolute Gasteiger partial charge is 0.238 e. The van der Waals surface area contributed by atoms with Gasteiger partial charge in [0.25, 0.3) is 0 Å². The number of anilines is 1. The standard InChI is InChI=1S/C20H16Cl2N2O2/c21-13-10-16(14(22)9-15(13)23-7-1-2-8-23)24-19(25)17-11-3-4-12(6-5-11)18(17)20(24)26/h1-4,7-12,17-18H,5-6H2. The highest BCUT2D eigenvalue weighted by molar-refractivity contribution is 6.38. The third kappa shape index (κ3) is 2.15. The van der Waals surface area contributed by atoms with E-state index in [-0.39, 0.29) is 35.5 Å². The van der Waals surface area contributed by atoms with Crippen LogP contribution in [0.15, 0.2) is 48.8 Å². The van der Waals surface area contributed by atoms with Gasteiger partial charge in [0.15, 0.2) is 0 Å². The Bertz CT molecular complexity index is 919. The quantitative estimate of drug-likeness (QED) is 0.563. The number of imide groups is 1. The van der Waals surface area contributed by atoms with Crippen molar-refractivity contribution < 1.29 is 9.59 Å². The molecule has 132 valence electrons. The van der Waals surface area contributed by atoms with Crippen molar-refractivity contribution in [3.05, 3.63) is 58.9 Å². The lowest BCUT2D eigenvalue weighted by Gasteiger charge is -2.38. The van der Waals surface area contributed by atoms with E-state index in [0.717, 1.165) is 12.8 Å². The van der Waals surface area contributed by atoms with Gasteiger partial charge in [-0.3, -0.25) is 9.59 Å². The van der Waals surface area contributed by atoms with Crippen LogP contribution >= 0.6 is 23.2 Å². The monoisotopic (exact) mass is 386 g/mol. The normalized spacial score (nSPS) is 29.5. The van der Waals surface area contributed by atoms with Crippen LogP contribution in [0, 0.1) is 23.7 Å². The maximum Gasteiger partial charge on any atom is 0.238 e. The molecule has 0 spiro atoms. The van der Waals surface area contributed by atoms with Crippen LogP contribution in [0.5, 0.6) is 0 Å². The summed E-state index contributed by atoms with van der Waals surface area (Å²) in [5, 5.41) is 0.788. The molecule has 6 rings (SSSR count). The van der Waals surface area contributed by atoms with Gasteiger partial charge < -0.3 is 4.57 Å². The lowest BCUT2D eigenvalue weighted by atomic mass is 9.63. The van der Waals surface area contributed by atoms with Gasteiger partial charge in [-0.25, -0.2) is 4.90 Å². The van der Waals surface area contributed by atoms with Crippen LogP contribution in [0.1, 0.15) is 12.8 Å². The van der Waals surface area contributed by atoms with Crippen molar-refractivity contribution in [1.29, 1.82) is 0 Å². The zero-order valence-corrected chi connectivity index (χ0v) is 15.3. The summed E-state index contributed by atoms with van der Waals surface area (Å²) in [5.41, 5.74) is 1.10. The Kier molecular flexibility index (Phi) is 3.56. The molecule has 26 heavy (non-hydrogen) atoms. The Morgan fingerprint density at radius 2 is 1.31 bits per heavy atom. The lowest BCUT2D eigenvalue weighted by Crippen LogP contribution is -2.38. The van der Waals surface area contributed by atoms with Crippen LogP contribution in [0.3, 0.4) is 0 Å². The van der Waals surface area contributed by atoms with Gasteiger partial charge in [0.05, 0.1) is 33.3 Å². The van der Waals surface area contributed by atoms with Crippen molar-refractivity contribution in [2.45, 2.75) is 12.8 Å². The summed E-state index contributed by atoms with van der Waals surface area (Å²) < 4.78 is 1.84. The van der Waals surface area contributed by atoms with Crippen LogP contribution in [0.2, 0.25) is 10.0 Å². The van der Waals surface area contributed by atoms with Crippen molar-refractivity contribution in [1.82, 2.24) is 4.57 Å². The number of aromatic nitrogens is 1. The maximum absolute atomic E-state index is 13.1. The fourth-order valence-electron chi connectivity index (χ4n) is 4.70. The highest BCUT2D eigenvalue weighted by Crippen LogP contribution is 2.51. The summed E-state index contributed by atoms with van der Waals surface area (Å²) in [7, 11) is 0. The lowest BCUT2D eigenvalue weighted by molar-refractivity contribution is -0.124. The number of carbonyl (C=O) groups is 2. The van der Waals surface area contributed by atoms with Gasteiger partial charge >= 0.3 is 0 Å². The van der Waals surface area contributed by atoms with E-state index in [2.05, 4.69) is 12.2 Å². The number of halogens is 2. The third-order valence-corrected chi connectivity index (χ3v) is 6.50. The molecule has 0 N–H and O–H groups in total. The third-order valence-electron chi connectivity index (χ3n) is 5.90. The number of hydrogen-bond donors (Lipinski definition) is 0. The number of amides is 2. The van der Waals surface area contributed by atoms with Crippen LogP contribution in [-0.4, -0.2) is 16.4 Å². The Hall–Kier alpha value is -2.04. The van der Waals surface area contributed by atoms with Crippen molar-refractivity contribution >= 4 is 40.7 Å². The summed E-state index contributed by atoms with van der Waals surface area (Å²) in [5.74, 6) is -0.508. The van der Waals surface area contributed by atoms with Crippen LogP contribution < -0.4 is 4.90 Å². The zero-order chi connectivity index (χ0) is 18.0. The average Bonchev–Trinajstić information content (AvgIpc) is 3.27. The van der Waals surface area contributed by atoms with Crippen molar-refractivity contribution in [2.24, 2.45) is 23.7 Å². The van der Waals surface area contributed by atoms with Gasteiger partial charge in [-0.1, -0.05) is 35.4 Å². The molecule has 4 nitrogen and oxygen atoms in total. The molecule has 2 heterocycles. The topological polar surface area (TPSA) is 42.3 Å². The van der Waals surface area contributed by atoms with Gasteiger partial charge in [0.1, 0.15) is 0 Å². The number of hydrogen-bond acceptors (Lipinski definition) is 2. The zero-order valence-electron chi connectivity index (χ0n) is 13.8. The van der Waals surface area contributed by atoms with Gasteiger partial charge in [-0.05, 0) is 48.9 Å². The van der Waals surface area contributed by atoms with E-state index >= 15 is 0 Å². The van der Waals surface area contributed by atoms with Crippen molar-refractivity contribution in [3.8, 4) is 5.69 Å².